The maximum atomic E-state index is 5.74. The van der Waals surface area contributed by atoms with Crippen LogP contribution in [0.5, 0.6) is 0 Å². The second kappa shape index (κ2) is 8.26. The lowest BCUT2D eigenvalue weighted by atomic mass is 10.0. The summed E-state index contributed by atoms with van der Waals surface area (Å²) in [5.41, 5.74) is 8.42. The van der Waals surface area contributed by atoms with Crippen molar-refractivity contribution in [3.63, 3.8) is 0 Å². The van der Waals surface area contributed by atoms with Gasteiger partial charge in [0.1, 0.15) is 0 Å². The summed E-state index contributed by atoms with van der Waals surface area (Å²) in [6.45, 7) is 7.19. The number of rotatable bonds is 8. The van der Waals surface area contributed by atoms with E-state index in [-0.39, 0.29) is 0 Å². The van der Waals surface area contributed by atoms with Gasteiger partial charge in [0, 0.05) is 6.54 Å². The van der Waals surface area contributed by atoms with Crippen molar-refractivity contribution in [3.8, 4) is 0 Å². The zero-order valence-corrected chi connectivity index (χ0v) is 11.2. The molecule has 0 saturated carbocycles. The molecule has 0 spiro atoms. The highest BCUT2D eigenvalue weighted by Gasteiger charge is 2.04. The molecular formula is C15H26N2. The van der Waals surface area contributed by atoms with E-state index in [1.807, 2.05) is 0 Å². The Balaban J connectivity index is 2.17. The highest BCUT2D eigenvalue weighted by atomic mass is 14.8. The van der Waals surface area contributed by atoms with E-state index >= 15 is 0 Å². The third-order valence-corrected chi connectivity index (χ3v) is 3.21. The van der Waals surface area contributed by atoms with E-state index in [4.69, 9.17) is 5.73 Å². The molecule has 0 amide bonds. The van der Waals surface area contributed by atoms with Gasteiger partial charge < -0.3 is 11.1 Å². The lowest BCUT2D eigenvalue weighted by Gasteiger charge is -2.13. The number of hydrogen-bond donors (Lipinski definition) is 2. The molecule has 1 aromatic rings. The van der Waals surface area contributed by atoms with E-state index < -0.39 is 0 Å². The second-order valence-corrected chi connectivity index (χ2v) is 4.84. The topological polar surface area (TPSA) is 38.0 Å². The van der Waals surface area contributed by atoms with Gasteiger partial charge in [0.2, 0.25) is 0 Å². The Kier molecular flexibility index (Phi) is 6.90. The van der Waals surface area contributed by atoms with Crippen molar-refractivity contribution in [2.75, 3.05) is 13.1 Å². The molecule has 0 heterocycles. The SMILES string of the molecule is CCCC(CN)CCNCc1ccc(C)cc1. The van der Waals surface area contributed by atoms with Crippen molar-refractivity contribution in [1.29, 1.82) is 0 Å². The monoisotopic (exact) mass is 234 g/mol. The van der Waals surface area contributed by atoms with E-state index in [2.05, 4.69) is 43.4 Å². The zero-order chi connectivity index (χ0) is 12.5. The molecule has 0 aliphatic heterocycles. The van der Waals surface area contributed by atoms with Gasteiger partial charge >= 0.3 is 0 Å². The van der Waals surface area contributed by atoms with Crippen molar-refractivity contribution >= 4 is 0 Å². The molecule has 0 fully saturated rings. The fraction of sp³-hybridized carbons (Fsp3) is 0.600. The third-order valence-electron chi connectivity index (χ3n) is 3.21. The Morgan fingerprint density at radius 1 is 1.18 bits per heavy atom. The second-order valence-electron chi connectivity index (χ2n) is 4.84. The van der Waals surface area contributed by atoms with Crippen LogP contribution in [0, 0.1) is 12.8 Å². The molecule has 96 valence electrons. The molecule has 3 N–H and O–H groups in total. The fourth-order valence-electron chi connectivity index (χ4n) is 2.03. The molecule has 0 aromatic heterocycles. The zero-order valence-electron chi connectivity index (χ0n) is 11.2. The lowest BCUT2D eigenvalue weighted by Crippen LogP contribution is -2.22. The number of benzene rings is 1. The average Bonchev–Trinajstić information content (AvgIpc) is 2.35. The largest absolute Gasteiger partial charge is 0.330 e. The van der Waals surface area contributed by atoms with Crippen molar-refractivity contribution in [2.45, 2.75) is 39.7 Å². The first-order valence-corrected chi connectivity index (χ1v) is 6.72. The Morgan fingerprint density at radius 2 is 1.88 bits per heavy atom. The van der Waals surface area contributed by atoms with Crippen molar-refractivity contribution in [2.24, 2.45) is 11.7 Å². The predicted octanol–water partition coefficient (Wildman–Crippen LogP) is 2.85. The van der Waals surface area contributed by atoms with Gasteiger partial charge in [0.15, 0.2) is 0 Å². The summed E-state index contributed by atoms with van der Waals surface area (Å²) < 4.78 is 0. The molecule has 17 heavy (non-hydrogen) atoms. The van der Waals surface area contributed by atoms with Crippen LogP contribution in [0.25, 0.3) is 0 Å². The van der Waals surface area contributed by atoms with Gasteiger partial charge in [-0.15, -0.1) is 0 Å². The number of nitrogens with two attached hydrogens (primary N) is 1. The van der Waals surface area contributed by atoms with Gasteiger partial charge in [0.05, 0.1) is 0 Å². The van der Waals surface area contributed by atoms with Gasteiger partial charge in [-0.25, -0.2) is 0 Å². The Morgan fingerprint density at radius 3 is 2.47 bits per heavy atom. The van der Waals surface area contributed by atoms with Gasteiger partial charge in [-0.1, -0.05) is 43.2 Å². The quantitative estimate of drug-likeness (QED) is 0.679. The number of nitrogens with one attached hydrogen (secondary N) is 1. The molecular weight excluding hydrogens is 208 g/mol. The molecule has 0 saturated heterocycles. The standard InChI is InChI=1S/C15H26N2/c1-3-4-14(11-16)9-10-17-12-15-7-5-13(2)6-8-15/h5-8,14,17H,3-4,9-12,16H2,1-2H3. The maximum absolute atomic E-state index is 5.74. The van der Waals surface area contributed by atoms with Crippen LogP contribution in [0.3, 0.4) is 0 Å². The molecule has 2 heteroatoms. The molecule has 0 bridgehead atoms. The minimum absolute atomic E-state index is 0.686. The third kappa shape index (κ3) is 5.85. The number of hydrogen-bond acceptors (Lipinski definition) is 2. The van der Waals surface area contributed by atoms with E-state index in [1.54, 1.807) is 0 Å². The summed E-state index contributed by atoms with van der Waals surface area (Å²) in [7, 11) is 0. The van der Waals surface area contributed by atoms with Crippen LogP contribution in [0.15, 0.2) is 24.3 Å². The van der Waals surface area contributed by atoms with Gasteiger partial charge in [0.25, 0.3) is 0 Å². The summed E-state index contributed by atoms with van der Waals surface area (Å²) >= 11 is 0. The Hall–Kier alpha value is -0.860. The highest BCUT2D eigenvalue weighted by Crippen LogP contribution is 2.08. The van der Waals surface area contributed by atoms with Gasteiger partial charge in [-0.2, -0.15) is 0 Å². The molecule has 1 rings (SSSR count). The normalized spacial score (nSPS) is 12.6. The van der Waals surface area contributed by atoms with Crippen LogP contribution in [0.1, 0.15) is 37.3 Å². The first kappa shape index (κ1) is 14.2. The van der Waals surface area contributed by atoms with E-state index in [1.165, 1.54) is 30.4 Å². The van der Waals surface area contributed by atoms with Gasteiger partial charge in [-0.3, -0.25) is 0 Å². The van der Waals surface area contributed by atoms with Crippen LogP contribution >= 0.6 is 0 Å². The molecule has 1 aromatic carbocycles. The first-order chi connectivity index (χ1) is 8.26. The Labute approximate surface area is 106 Å². The summed E-state index contributed by atoms with van der Waals surface area (Å²) in [6, 6.07) is 8.71. The Bertz CT molecular complexity index is 292. The minimum Gasteiger partial charge on any atom is -0.330 e. The van der Waals surface area contributed by atoms with Crippen molar-refractivity contribution < 1.29 is 0 Å². The molecule has 0 aliphatic rings. The predicted molar refractivity (Wildman–Crippen MR) is 75.0 cm³/mol. The summed E-state index contributed by atoms with van der Waals surface area (Å²) in [5.74, 6) is 0.686. The van der Waals surface area contributed by atoms with Crippen LogP contribution < -0.4 is 11.1 Å². The van der Waals surface area contributed by atoms with Crippen molar-refractivity contribution in [1.82, 2.24) is 5.32 Å². The molecule has 2 nitrogen and oxygen atoms in total. The fourth-order valence-corrected chi connectivity index (χ4v) is 2.03. The average molecular weight is 234 g/mol. The van der Waals surface area contributed by atoms with Crippen LogP contribution in [0.4, 0.5) is 0 Å². The molecule has 0 radical (unpaired) electrons. The summed E-state index contributed by atoms with van der Waals surface area (Å²) in [4.78, 5) is 0. The molecule has 0 aliphatic carbocycles. The smallest absolute Gasteiger partial charge is 0.0205 e. The maximum Gasteiger partial charge on any atom is 0.0205 e. The highest BCUT2D eigenvalue weighted by molar-refractivity contribution is 5.20. The summed E-state index contributed by atoms with van der Waals surface area (Å²) in [5, 5.41) is 3.49. The van der Waals surface area contributed by atoms with Crippen molar-refractivity contribution in [3.05, 3.63) is 35.4 Å². The van der Waals surface area contributed by atoms with Gasteiger partial charge in [-0.05, 0) is 44.3 Å². The number of aryl methyl sites for hydroxylation is 1. The van der Waals surface area contributed by atoms with E-state index in [0.717, 1.165) is 19.6 Å². The van der Waals surface area contributed by atoms with E-state index in [9.17, 15) is 0 Å². The summed E-state index contributed by atoms with van der Waals surface area (Å²) in [6.07, 6.45) is 3.68. The van der Waals surface area contributed by atoms with Crippen LogP contribution in [0.2, 0.25) is 0 Å². The van der Waals surface area contributed by atoms with Crippen LogP contribution in [-0.4, -0.2) is 13.1 Å². The van der Waals surface area contributed by atoms with E-state index in [0.29, 0.717) is 5.92 Å². The van der Waals surface area contributed by atoms with Crippen LogP contribution in [-0.2, 0) is 6.54 Å². The lowest BCUT2D eigenvalue weighted by molar-refractivity contribution is 0.439. The first-order valence-electron chi connectivity index (χ1n) is 6.72. The molecule has 1 atom stereocenters. The molecule has 1 unspecified atom stereocenters. The minimum atomic E-state index is 0.686.